The Bertz CT molecular complexity index is 1050. The van der Waals surface area contributed by atoms with Gasteiger partial charge in [-0.05, 0) is 56.2 Å². The predicted molar refractivity (Wildman–Crippen MR) is 113 cm³/mol. The Hall–Kier alpha value is -3.13. The van der Waals surface area contributed by atoms with E-state index in [1.54, 1.807) is 4.90 Å². The molecular formula is C22H21FN4O2S. The van der Waals surface area contributed by atoms with E-state index < -0.39 is 0 Å². The van der Waals surface area contributed by atoms with Crippen molar-refractivity contribution in [1.29, 1.82) is 0 Å². The summed E-state index contributed by atoms with van der Waals surface area (Å²) >= 11 is 1.26. The predicted octanol–water partition coefficient (Wildman–Crippen LogP) is 4.26. The van der Waals surface area contributed by atoms with Crippen molar-refractivity contribution in [1.82, 2.24) is 15.1 Å². The van der Waals surface area contributed by atoms with Crippen LogP contribution in [0.25, 0.3) is 0 Å². The number of benzene rings is 2. The summed E-state index contributed by atoms with van der Waals surface area (Å²) in [5, 5.41) is 12.1. The van der Waals surface area contributed by atoms with Crippen molar-refractivity contribution in [2.45, 2.75) is 25.7 Å². The Morgan fingerprint density at radius 1 is 1.10 bits per heavy atom. The second-order valence-corrected chi connectivity index (χ2v) is 8.37. The number of piperidine rings is 1. The average Bonchev–Trinajstić information content (AvgIpc) is 3.26. The summed E-state index contributed by atoms with van der Waals surface area (Å²) in [4.78, 5) is 27.0. The highest BCUT2D eigenvalue weighted by Crippen LogP contribution is 2.30. The van der Waals surface area contributed by atoms with Crippen molar-refractivity contribution in [2.75, 3.05) is 18.4 Å². The SMILES string of the molecule is Cc1ccc(NC(=O)c2nnc([C@H]3CCCN(C(=O)c4ccc(F)cc4)C3)s2)cc1. The molecule has 0 radical (unpaired) electrons. The van der Waals surface area contributed by atoms with Crippen LogP contribution in [0.2, 0.25) is 0 Å². The van der Waals surface area contributed by atoms with Gasteiger partial charge in [0, 0.05) is 30.3 Å². The second-order valence-electron chi connectivity index (χ2n) is 7.36. The maximum absolute atomic E-state index is 13.1. The standard InChI is InChI=1S/C22H21FN4O2S/c1-14-4-10-18(11-5-14)24-19(28)21-26-25-20(30-21)16-3-2-12-27(13-16)22(29)15-6-8-17(23)9-7-15/h4-11,16H,2-3,12-13H2,1H3,(H,24,28)/t16-/m0/s1. The van der Waals surface area contributed by atoms with E-state index in [0.717, 1.165) is 23.4 Å². The van der Waals surface area contributed by atoms with Gasteiger partial charge >= 0.3 is 0 Å². The van der Waals surface area contributed by atoms with E-state index >= 15 is 0 Å². The normalized spacial score (nSPS) is 16.3. The van der Waals surface area contributed by atoms with Crippen LogP contribution < -0.4 is 5.32 Å². The zero-order valence-corrected chi connectivity index (χ0v) is 17.3. The number of carbonyl (C=O) groups excluding carboxylic acids is 2. The quantitative estimate of drug-likeness (QED) is 0.679. The third-order valence-corrected chi connectivity index (χ3v) is 6.18. The van der Waals surface area contributed by atoms with E-state index in [2.05, 4.69) is 15.5 Å². The van der Waals surface area contributed by atoms with Gasteiger partial charge < -0.3 is 10.2 Å². The van der Waals surface area contributed by atoms with E-state index in [1.807, 2.05) is 31.2 Å². The molecule has 6 nitrogen and oxygen atoms in total. The molecule has 1 aromatic heterocycles. The highest BCUT2D eigenvalue weighted by molar-refractivity contribution is 7.13. The van der Waals surface area contributed by atoms with Crippen molar-refractivity contribution in [2.24, 2.45) is 0 Å². The van der Waals surface area contributed by atoms with Gasteiger partial charge in [-0.2, -0.15) is 0 Å². The molecular weight excluding hydrogens is 403 g/mol. The number of rotatable bonds is 4. The van der Waals surface area contributed by atoms with Crippen molar-refractivity contribution in [3.63, 3.8) is 0 Å². The van der Waals surface area contributed by atoms with Gasteiger partial charge in [0.2, 0.25) is 5.01 Å². The monoisotopic (exact) mass is 424 g/mol. The number of carbonyl (C=O) groups is 2. The van der Waals surface area contributed by atoms with Crippen LogP contribution in [0.5, 0.6) is 0 Å². The first-order chi connectivity index (χ1) is 14.5. The lowest BCUT2D eigenvalue weighted by Gasteiger charge is -2.31. The third-order valence-electron chi connectivity index (χ3n) is 5.09. The fraction of sp³-hybridized carbons (Fsp3) is 0.273. The van der Waals surface area contributed by atoms with Gasteiger partial charge in [-0.3, -0.25) is 9.59 Å². The number of aromatic nitrogens is 2. The molecule has 2 heterocycles. The third kappa shape index (κ3) is 4.54. The zero-order chi connectivity index (χ0) is 21.1. The van der Waals surface area contributed by atoms with Gasteiger partial charge in [0.05, 0.1) is 0 Å². The smallest absolute Gasteiger partial charge is 0.286 e. The van der Waals surface area contributed by atoms with E-state index in [-0.39, 0.29) is 23.5 Å². The topological polar surface area (TPSA) is 75.2 Å². The molecule has 0 spiro atoms. The number of hydrogen-bond donors (Lipinski definition) is 1. The number of amides is 2. The minimum atomic E-state index is -0.367. The van der Waals surface area contributed by atoms with E-state index in [4.69, 9.17) is 0 Å². The Labute approximate surface area is 177 Å². The molecule has 1 N–H and O–H groups in total. The van der Waals surface area contributed by atoms with Crippen LogP contribution in [0.3, 0.4) is 0 Å². The van der Waals surface area contributed by atoms with E-state index in [1.165, 1.54) is 35.6 Å². The highest BCUT2D eigenvalue weighted by Gasteiger charge is 2.28. The number of halogens is 1. The molecule has 0 unspecified atom stereocenters. The average molecular weight is 425 g/mol. The highest BCUT2D eigenvalue weighted by atomic mass is 32.1. The molecule has 3 aromatic rings. The molecule has 2 aromatic carbocycles. The van der Waals surface area contributed by atoms with Crippen molar-refractivity contribution < 1.29 is 14.0 Å². The lowest BCUT2D eigenvalue weighted by atomic mass is 9.98. The largest absolute Gasteiger partial charge is 0.338 e. The second kappa shape index (κ2) is 8.71. The fourth-order valence-electron chi connectivity index (χ4n) is 3.45. The molecule has 1 aliphatic rings. The minimum absolute atomic E-state index is 0.0292. The summed E-state index contributed by atoms with van der Waals surface area (Å²) < 4.78 is 13.1. The number of nitrogens with zero attached hydrogens (tertiary/aromatic N) is 3. The Balaban J connectivity index is 1.42. The summed E-state index contributed by atoms with van der Waals surface area (Å²) in [5.74, 6) is -0.755. The summed E-state index contributed by atoms with van der Waals surface area (Å²) in [6.07, 6.45) is 1.71. The number of anilines is 1. The van der Waals surface area contributed by atoms with Crippen LogP contribution in [-0.2, 0) is 0 Å². The van der Waals surface area contributed by atoms with E-state index in [0.29, 0.717) is 29.3 Å². The molecule has 1 aliphatic heterocycles. The van der Waals surface area contributed by atoms with Crippen molar-refractivity contribution >= 4 is 28.8 Å². The van der Waals surface area contributed by atoms with Gasteiger partial charge in [0.1, 0.15) is 10.8 Å². The first-order valence-corrected chi connectivity index (χ1v) is 10.6. The molecule has 0 bridgehead atoms. The van der Waals surface area contributed by atoms with Crippen LogP contribution >= 0.6 is 11.3 Å². The molecule has 0 aliphatic carbocycles. The minimum Gasteiger partial charge on any atom is -0.338 e. The molecule has 1 saturated heterocycles. The summed E-state index contributed by atoms with van der Waals surface area (Å²) in [5.41, 5.74) is 2.28. The summed E-state index contributed by atoms with van der Waals surface area (Å²) in [6.45, 7) is 3.13. The molecule has 1 fully saturated rings. The fourth-order valence-corrected chi connectivity index (χ4v) is 4.32. The summed E-state index contributed by atoms with van der Waals surface area (Å²) in [6, 6.07) is 13.1. The Morgan fingerprint density at radius 3 is 2.57 bits per heavy atom. The molecule has 30 heavy (non-hydrogen) atoms. The zero-order valence-electron chi connectivity index (χ0n) is 16.5. The molecule has 2 amide bonds. The van der Waals surface area contributed by atoms with Crippen LogP contribution in [0.4, 0.5) is 10.1 Å². The van der Waals surface area contributed by atoms with Crippen LogP contribution in [0.15, 0.2) is 48.5 Å². The number of aryl methyl sites for hydroxylation is 1. The van der Waals surface area contributed by atoms with Crippen molar-refractivity contribution in [3.8, 4) is 0 Å². The maximum Gasteiger partial charge on any atom is 0.286 e. The Morgan fingerprint density at radius 2 is 1.83 bits per heavy atom. The van der Waals surface area contributed by atoms with Gasteiger partial charge in [0.15, 0.2) is 0 Å². The van der Waals surface area contributed by atoms with E-state index in [9.17, 15) is 14.0 Å². The molecule has 154 valence electrons. The lowest BCUT2D eigenvalue weighted by molar-refractivity contribution is 0.0706. The molecule has 8 heteroatoms. The lowest BCUT2D eigenvalue weighted by Crippen LogP contribution is -2.39. The first kappa shape index (κ1) is 20.2. The number of likely N-dealkylation sites (tertiary alicyclic amines) is 1. The van der Waals surface area contributed by atoms with Crippen LogP contribution in [0, 0.1) is 12.7 Å². The van der Waals surface area contributed by atoms with Gasteiger partial charge in [0.25, 0.3) is 11.8 Å². The van der Waals surface area contributed by atoms with Crippen LogP contribution in [-0.4, -0.2) is 40.0 Å². The van der Waals surface area contributed by atoms with Gasteiger partial charge in [-0.1, -0.05) is 29.0 Å². The molecule has 1 atom stereocenters. The molecule has 4 rings (SSSR count). The maximum atomic E-state index is 13.1. The Kier molecular flexibility index (Phi) is 5.85. The molecule has 0 saturated carbocycles. The van der Waals surface area contributed by atoms with Gasteiger partial charge in [-0.15, -0.1) is 10.2 Å². The number of nitrogens with one attached hydrogen (secondary N) is 1. The van der Waals surface area contributed by atoms with Crippen LogP contribution in [0.1, 0.15) is 49.5 Å². The summed E-state index contributed by atoms with van der Waals surface area (Å²) in [7, 11) is 0. The number of hydrogen-bond acceptors (Lipinski definition) is 5. The van der Waals surface area contributed by atoms with Gasteiger partial charge in [-0.25, -0.2) is 4.39 Å². The first-order valence-electron chi connectivity index (χ1n) is 9.76. The van der Waals surface area contributed by atoms with Crippen molar-refractivity contribution in [3.05, 3.63) is 75.5 Å².